The molecule has 1 amide bonds. The fourth-order valence-electron chi connectivity index (χ4n) is 2.91. The van der Waals surface area contributed by atoms with E-state index in [1.165, 1.54) is 0 Å². The highest BCUT2D eigenvalue weighted by Crippen LogP contribution is 2.07. The quantitative estimate of drug-likeness (QED) is 0.343. The average molecular weight is 375 g/mol. The lowest BCUT2D eigenvalue weighted by atomic mass is 10.0. The van der Waals surface area contributed by atoms with E-state index in [4.69, 9.17) is 0 Å². The summed E-state index contributed by atoms with van der Waals surface area (Å²) >= 11 is 0. The lowest BCUT2D eigenvalue weighted by molar-refractivity contribution is 0.0647. The number of carbonyl (C=O) groups is 1. The van der Waals surface area contributed by atoms with Gasteiger partial charge in [-0.3, -0.25) is 10.2 Å². The van der Waals surface area contributed by atoms with Crippen LogP contribution in [0.4, 0.5) is 0 Å². The molecule has 0 aliphatic carbocycles. The molecule has 0 aliphatic heterocycles. The van der Waals surface area contributed by atoms with Crippen LogP contribution in [0.5, 0.6) is 0 Å². The predicted molar refractivity (Wildman–Crippen MR) is 110 cm³/mol. The van der Waals surface area contributed by atoms with Crippen LogP contribution in [-0.2, 0) is 13.0 Å². The van der Waals surface area contributed by atoms with Gasteiger partial charge in [0.1, 0.15) is 6.23 Å². The van der Waals surface area contributed by atoms with Gasteiger partial charge in [-0.15, -0.1) is 0 Å². The van der Waals surface area contributed by atoms with E-state index in [0.717, 1.165) is 11.1 Å². The Morgan fingerprint density at radius 1 is 0.786 bits per heavy atom. The molecule has 0 spiro atoms. The first-order valence-electron chi connectivity index (χ1n) is 9.32. The molecule has 0 aromatic heterocycles. The van der Waals surface area contributed by atoms with Crippen molar-refractivity contribution in [2.75, 3.05) is 0 Å². The van der Waals surface area contributed by atoms with Gasteiger partial charge in [0, 0.05) is 12.1 Å². The number of hydrazine groups is 1. The molecular formula is C23H25N3O2. The van der Waals surface area contributed by atoms with Gasteiger partial charge in [-0.1, -0.05) is 78.9 Å². The van der Waals surface area contributed by atoms with Crippen molar-refractivity contribution >= 4 is 5.91 Å². The second-order valence-electron chi connectivity index (χ2n) is 6.57. The van der Waals surface area contributed by atoms with Gasteiger partial charge in [0.25, 0.3) is 5.91 Å². The highest BCUT2D eigenvalue weighted by atomic mass is 16.3. The number of hydrogen-bond acceptors (Lipinski definition) is 4. The molecule has 0 aliphatic rings. The Balaban J connectivity index is 1.61. The number of rotatable bonds is 9. The maximum absolute atomic E-state index is 12.2. The van der Waals surface area contributed by atoms with Gasteiger partial charge in [-0.05, 0) is 29.7 Å². The molecule has 0 saturated carbocycles. The Labute approximate surface area is 165 Å². The molecule has 144 valence electrons. The number of amides is 1. The van der Waals surface area contributed by atoms with Crippen LogP contribution in [0.25, 0.3) is 0 Å². The molecule has 0 radical (unpaired) electrons. The summed E-state index contributed by atoms with van der Waals surface area (Å²) in [7, 11) is 0. The monoisotopic (exact) mass is 375 g/mol. The van der Waals surface area contributed by atoms with Crippen molar-refractivity contribution in [3.8, 4) is 0 Å². The minimum Gasteiger partial charge on any atom is -0.375 e. The van der Waals surface area contributed by atoms with Crippen LogP contribution in [0.15, 0.2) is 91.0 Å². The number of aliphatic hydroxyl groups is 1. The molecule has 3 aromatic carbocycles. The molecule has 0 bridgehead atoms. The fraction of sp³-hybridized carbons (Fsp3) is 0.174. The first kappa shape index (κ1) is 19.8. The van der Waals surface area contributed by atoms with Gasteiger partial charge < -0.3 is 10.4 Å². The summed E-state index contributed by atoms with van der Waals surface area (Å²) in [5.41, 5.74) is 8.07. The highest BCUT2D eigenvalue weighted by Gasteiger charge is 2.20. The first-order valence-corrected chi connectivity index (χ1v) is 9.32. The van der Waals surface area contributed by atoms with E-state index in [2.05, 4.69) is 16.2 Å². The van der Waals surface area contributed by atoms with Crippen LogP contribution in [-0.4, -0.2) is 23.3 Å². The van der Waals surface area contributed by atoms with E-state index in [0.29, 0.717) is 18.5 Å². The topological polar surface area (TPSA) is 73.4 Å². The predicted octanol–water partition coefficient (Wildman–Crippen LogP) is 2.64. The molecule has 2 unspecified atom stereocenters. The standard InChI is InChI=1S/C23H25N3O2/c27-22(20-14-8-3-9-15-20)25-26-23(28)21(16-18-10-4-1-5-11-18)24-17-19-12-6-2-7-13-19/h1-15,21,23-24,26,28H,16-17H2,(H,25,27). The molecule has 0 saturated heterocycles. The summed E-state index contributed by atoms with van der Waals surface area (Å²) in [5, 5.41) is 14.0. The number of benzene rings is 3. The Bertz CT molecular complexity index is 841. The van der Waals surface area contributed by atoms with Crippen LogP contribution < -0.4 is 16.2 Å². The van der Waals surface area contributed by atoms with Crippen molar-refractivity contribution in [1.29, 1.82) is 0 Å². The minimum atomic E-state index is -0.961. The van der Waals surface area contributed by atoms with Gasteiger partial charge >= 0.3 is 0 Å². The zero-order valence-electron chi connectivity index (χ0n) is 15.6. The third-order valence-corrected chi connectivity index (χ3v) is 4.46. The first-order chi connectivity index (χ1) is 13.7. The minimum absolute atomic E-state index is 0.291. The Morgan fingerprint density at radius 2 is 1.32 bits per heavy atom. The highest BCUT2D eigenvalue weighted by molar-refractivity contribution is 5.93. The SMILES string of the molecule is O=C(NNC(O)C(Cc1ccccc1)NCc1ccccc1)c1ccccc1. The third kappa shape index (κ3) is 6.03. The van der Waals surface area contributed by atoms with E-state index in [1.807, 2.05) is 66.7 Å². The van der Waals surface area contributed by atoms with Crippen molar-refractivity contribution in [1.82, 2.24) is 16.2 Å². The Kier molecular flexibility index (Phi) is 7.32. The van der Waals surface area contributed by atoms with Gasteiger partial charge in [-0.25, -0.2) is 5.43 Å². The van der Waals surface area contributed by atoms with E-state index < -0.39 is 6.23 Å². The van der Waals surface area contributed by atoms with E-state index in [1.54, 1.807) is 24.3 Å². The van der Waals surface area contributed by atoms with Crippen LogP contribution in [0, 0.1) is 0 Å². The van der Waals surface area contributed by atoms with E-state index >= 15 is 0 Å². The van der Waals surface area contributed by atoms with Crippen molar-refractivity contribution < 1.29 is 9.90 Å². The summed E-state index contributed by atoms with van der Waals surface area (Å²) in [6.07, 6.45) is -0.347. The second kappa shape index (κ2) is 10.4. The second-order valence-corrected chi connectivity index (χ2v) is 6.57. The van der Waals surface area contributed by atoms with Crippen molar-refractivity contribution in [2.45, 2.75) is 25.2 Å². The van der Waals surface area contributed by atoms with Crippen LogP contribution in [0.2, 0.25) is 0 Å². The smallest absolute Gasteiger partial charge is 0.265 e. The molecule has 3 rings (SSSR count). The molecule has 3 aromatic rings. The fourth-order valence-corrected chi connectivity index (χ4v) is 2.91. The van der Waals surface area contributed by atoms with Gasteiger partial charge in [0.15, 0.2) is 0 Å². The van der Waals surface area contributed by atoms with Crippen molar-refractivity contribution in [3.05, 3.63) is 108 Å². The van der Waals surface area contributed by atoms with Crippen molar-refractivity contribution in [3.63, 3.8) is 0 Å². The number of carbonyl (C=O) groups excluding carboxylic acids is 1. The number of hydrogen-bond donors (Lipinski definition) is 4. The van der Waals surface area contributed by atoms with E-state index in [-0.39, 0.29) is 11.9 Å². The molecule has 0 fully saturated rings. The third-order valence-electron chi connectivity index (χ3n) is 4.46. The zero-order chi connectivity index (χ0) is 19.6. The molecule has 4 N–H and O–H groups in total. The Morgan fingerprint density at radius 3 is 1.93 bits per heavy atom. The van der Waals surface area contributed by atoms with Crippen LogP contribution in [0.1, 0.15) is 21.5 Å². The summed E-state index contributed by atoms with van der Waals surface area (Å²) in [4.78, 5) is 12.2. The lowest BCUT2D eigenvalue weighted by Gasteiger charge is -2.25. The van der Waals surface area contributed by atoms with E-state index in [9.17, 15) is 9.90 Å². The van der Waals surface area contributed by atoms with Crippen molar-refractivity contribution in [2.24, 2.45) is 0 Å². The summed E-state index contributed by atoms with van der Waals surface area (Å²) in [6, 6.07) is 28.5. The normalized spacial score (nSPS) is 12.9. The number of nitrogens with one attached hydrogen (secondary N) is 3. The largest absolute Gasteiger partial charge is 0.375 e. The molecule has 2 atom stereocenters. The maximum Gasteiger partial charge on any atom is 0.265 e. The van der Waals surface area contributed by atoms with Crippen LogP contribution in [0.3, 0.4) is 0 Å². The zero-order valence-corrected chi connectivity index (χ0v) is 15.6. The maximum atomic E-state index is 12.2. The summed E-state index contributed by atoms with van der Waals surface area (Å²) in [5.74, 6) is -0.291. The molecule has 28 heavy (non-hydrogen) atoms. The summed E-state index contributed by atoms with van der Waals surface area (Å²) < 4.78 is 0. The lowest BCUT2D eigenvalue weighted by Crippen LogP contribution is -2.54. The Hall–Kier alpha value is -2.99. The summed E-state index contributed by atoms with van der Waals surface area (Å²) in [6.45, 7) is 0.615. The van der Waals surface area contributed by atoms with Gasteiger partial charge in [0.05, 0.1) is 6.04 Å². The number of aliphatic hydroxyl groups excluding tert-OH is 1. The molecule has 5 heteroatoms. The molecule has 5 nitrogen and oxygen atoms in total. The molecular weight excluding hydrogens is 350 g/mol. The van der Waals surface area contributed by atoms with Gasteiger partial charge in [-0.2, -0.15) is 0 Å². The molecule has 0 heterocycles. The average Bonchev–Trinajstić information content (AvgIpc) is 2.76. The van der Waals surface area contributed by atoms with Gasteiger partial charge in [0.2, 0.25) is 0 Å². The van der Waals surface area contributed by atoms with Crippen LogP contribution >= 0.6 is 0 Å².